The van der Waals surface area contributed by atoms with Gasteiger partial charge in [-0.15, -0.1) is 0 Å². The molecule has 0 aliphatic carbocycles. The Bertz CT molecular complexity index is 1200. The second-order valence-corrected chi connectivity index (χ2v) is 24.2. The number of hydrogen-bond acceptors (Lipinski definition) is 6. The molecule has 6 nitrogen and oxygen atoms in total. The van der Waals surface area contributed by atoms with Gasteiger partial charge in [-0.1, -0.05) is 354 Å². The third kappa shape index (κ3) is 64.9. The van der Waals surface area contributed by atoms with Gasteiger partial charge in [0.2, 0.25) is 0 Å². The van der Waals surface area contributed by atoms with Crippen molar-refractivity contribution in [3.63, 3.8) is 0 Å². The van der Waals surface area contributed by atoms with Crippen LogP contribution in [0.15, 0.2) is 12.2 Å². The first-order valence-corrected chi connectivity index (χ1v) is 35.2. The molecule has 1 unspecified atom stereocenters. The van der Waals surface area contributed by atoms with Crippen molar-refractivity contribution in [3.05, 3.63) is 12.2 Å². The van der Waals surface area contributed by atoms with E-state index < -0.39 is 6.10 Å². The molecule has 0 spiro atoms. The third-order valence-corrected chi connectivity index (χ3v) is 16.3. The van der Waals surface area contributed by atoms with E-state index in [4.69, 9.17) is 14.2 Å². The van der Waals surface area contributed by atoms with Gasteiger partial charge in [0.15, 0.2) is 6.10 Å². The van der Waals surface area contributed by atoms with Crippen LogP contribution in [0.1, 0.15) is 406 Å². The highest BCUT2D eigenvalue weighted by Crippen LogP contribution is 2.19. The first kappa shape index (κ1) is 75.2. The van der Waals surface area contributed by atoms with Crippen LogP contribution >= 0.6 is 0 Å². The SMILES string of the molecule is CCCCCCCCCC/C=C\CCCCCCCCCCCCCCCCCC(=O)OCC(COC(=O)CCCCCCC)OC(=O)CCCCCCCCCCCCCCCCCCCCCCCCCCCCC. The number of carbonyl (C=O) groups excluding carboxylic acids is 3. The first-order chi connectivity index (χ1) is 38.0. The summed E-state index contributed by atoms with van der Waals surface area (Å²) in [5, 5.41) is 0. The molecule has 0 rings (SSSR count). The molecule has 0 aromatic heterocycles. The summed E-state index contributed by atoms with van der Waals surface area (Å²) in [5.41, 5.74) is 0. The van der Waals surface area contributed by atoms with Gasteiger partial charge in [0.05, 0.1) is 0 Å². The molecule has 6 heteroatoms. The van der Waals surface area contributed by atoms with Gasteiger partial charge in [0, 0.05) is 19.3 Å². The Morgan fingerprint density at radius 3 is 0.649 bits per heavy atom. The zero-order chi connectivity index (χ0) is 55.7. The Kier molecular flexibility index (Phi) is 65.1. The van der Waals surface area contributed by atoms with E-state index in [9.17, 15) is 14.4 Å². The van der Waals surface area contributed by atoms with E-state index in [-0.39, 0.29) is 31.1 Å². The summed E-state index contributed by atoms with van der Waals surface area (Å²) in [6, 6.07) is 0. The second kappa shape index (κ2) is 66.7. The van der Waals surface area contributed by atoms with Gasteiger partial charge < -0.3 is 14.2 Å². The summed E-state index contributed by atoms with van der Waals surface area (Å²) in [5.74, 6) is -0.848. The molecule has 0 fully saturated rings. The van der Waals surface area contributed by atoms with Crippen molar-refractivity contribution in [1.82, 2.24) is 0 Å². The van der Waals surface area contributed by atoms with Gasteiger partial charge in [-0.3, -0.25) is 14.4 Å². The van der Waals surface area contributed by atoms with E-state index in [1.807, 2.05) is 0 Å². The number of allylic oxidation sites excluding steroid dienone is 2. The Balaban J connectivity index is 3.91. The molecule has 77 heavy (non-hydrogen) atoms. The van der Waals surface area contributed by atoms with Crippen molar-refractivity contribution in [2.24, 2.45) is 0 Å². The summed E-state index contributed by atoms with van der Waals surface area (Å²) in [6.07, 6.45) is 80.2. The van der Waals surface area contributed by atoms with E-state index in [1.165, 1.54) is 302 Å². The van der Waals surface area contributed by atoms with Crippen LogP contribution in [-0.4, -0.2) is 37.2 Å². The van der Waals surface area contributed by atoms with Crippen molar-refractivity contribution in [2.75, 3.05) is 13.2 Å². The fourth-order valence-corrected chi connectivity index (χ4v) is 11.0. The topological polar surface area (TPSA) is 78.9 Å². The normalized spacial score (nSPS) is 12.0. The Morgan fingerprint density at radius 2 is 0.429 bits per heavy atom. The van der Waals surface area contributed by atoms with E-state index >= 15 is 0 Å². The molecule has 456 valence electrons. The predicted octanol–water partition coefficient (Wildman–Crippen LogP) is 24.0. The lowest BCUT2D eigenvalue weighted by molar-refractivity contribution is -0.167. The average molecular weight is 1090 g/mol. The van der Waals surface area contributed by atoms with Gasteiger partial charge in [-0.25, -0.2) is 0 Å². The number of unbranched alkanes of at least 4 members (excludes halogenated alkanes) is 53. The minimum absolute atomic E-state index is 0.0643. The second-order valence-electron chi connectivity index (χ2n) is 24.2. The van der Waals surface area contributed by atoms with Crippen molar-refractivity contribution >= 4 is 17.9 Å². The Hall–Kier alpha value is -1.85. The quantitative estimate of drug-likeness (QED) is 0.0261. The molecule has 0 aromatic carbocycles. The number of esters is 3. The van der Waals surface area contributed by atoms with Crippen LogP contribution in [0.25, 0.3) is 0 Å². The number of ether oxygens (including phenoxy) is 3. The Morgan fingerprint density at radius 1 is 0.247 bits per heavy atom. The maximum absolute atomic E-state index is 12.9. The minimum atomic E-state index is -0.763. The summed E-state index contributed by atoms with van der Waals surface area (Å²) in [4.78, 5) is 38.0. The summed E-state index contributed by atoms with van der Waals surface area (Å²) >= 11 is 0. The molecule has 0 N–H and O–H groups in total. The third-order valence-electron chi connectivity index (χ3n) is 16.3. The van der Waals surface area contributed by atoms with Crippen molar-refractivity contribution in [1.29, 1.82) is 0 Å². The lowest BCUT2D eigenvalue weighted by Gasteiger charge is -2.18. The number of hydrogen-bond donors (Lipinski definition) is 0. The maximum Gasteiger partial charge on any atom is 0.306 e. The van der Waals surface area contributed by atoms with Crippen molar-refractivity contribution in [3.8, 4) is 0 Å². The molecule has 0 bridgehead atoms. The fourth-order valence-electron chi connectivity index (χ4n) is 11.0. The predicted molar refractivity (Wildman–Crippen MR) is 335 cm³/mol. The van der Waals surface area contributed by atoms with Crippen LogP contribution in [0.5, 0.6) is 0 Å². The van der Waals surface area contributed by atoms with Crippen LogP contribution in [-0.2, 0) is 28.6 Å². The lowest BCUT2D eigenvalue weighted by Crippen LogP contribution is -2.30. The van der Waals surface area contributed by atoms with Gasteiger partial charge in [0.1, 0.15) is 13.2 Å². The molecule has 0 radical (unpaired) electrons. The minimum Gasteiger partial charge on any atom is -0.462 e. The molecule has 1 atom stereocenters. The van der Waals surface area contributed by atoms with Crippen LogP contribution < -0.4 is 0 Å². The van der Waals surface area contributed by atoms with Crippen LogP contribution in [0.3, 0.4) is 0 Å². The Labute approximate surface area is 481 Å². The molecule has 0 aromatic rings. The van der Waals surface area contributed by atoms with Crippen molar-refractivity contribution < 1.29 is 28.6 Å². The van der Waals surface area contributed by atoms with Gasteiger partial charge in [-0.05, 0) is 44.9 Å². The summed E-state index contributed by atoms with van der Waals surface area (Å²) < 4.78 is 16.8. The standard InChI is InChI=1S/C71H136O6/c1-4-7-10-13-15-17-19-21-23-25-27-29-31-33-35-37-39-41-43-45-47-49-51-53-55-58-61-64-70(73)76-67-68(66-75-69(72)63-60-57-12-9-6-3)77-71(74)65-62-59-56-54-52-50-48-46-44-42-40-38-36-34-32-30-28-26-24-22-20-18-16-14-11-8-5-2/h25,27,68H,4-24,26,28-67H2,1-3H3/b27-25-. The largest absolute Gasteiger partial charge is 0.462 e. The highest BCUT2D eigenvalue weighted by molar-refractivity contribution is 5.71. The molecular formula is C71H136O6. The van der Waals surface area contributed by atoms with Gasteiger partial charge >= 0.3 is 17.9 Å². The zero-order valence-corrected chi connectivity index (χ0v) is 52.5. The molecular weight excluding hydrogens is 949 g/mol. The molecule has 0 amide bonds. The van der Waals surface area contributed by atoms with Crippen LogP contribution in [0.4, 0.5) is 0 Å². The molecule has 0 heterocycles. The highest BCUT2D eigenvalue weighted by Gasteiger charge is 2.19. The monoisotopic (exact) mass is 1090 g/mol. The van der Waals surface area contributed by atoms with Crippen LogP contribution in [0.2, 0.25) is 0 Å². The first-order valence-electron chi connectivity index (χ1n) is 35.2. The van der Waals surface area contributed by atoms with E-state index in [1.54, 1.807) is 0 Å². The zero-order valence-electron chi connectivity index (χ0n) is 52.5. The number of rotatable bonds is 66. The maximum atomic E-state index is 12.9. The van der Waals surface area contributed by atoms with E-state index in [2.05, 4.69) is 32.9 Å². The van der Waals surface area contributed by atoms with E-state index in [0.29, 0.717) is 19.3 Å². The smallest absolute Gasteiger partial charge is 0.306 e. The summed E-state index contributed by atoms with van der Waals surface area (Å²) in [6.45, 7) is 6.64. The van der Waals surface area contributed by atoms with Crippen molar-refractivity contribution in [2.45, 2.75) is 412 Å². The van der Waals surface area contributed by atoms with E-state index in [0.717, 1.165) is 64.2 Å². The average Bonchev–Trinajstić information content (AvgIpc) is 3.43. The fraction of sp³-hybridized carbons (Fsp3) is 0.930. The highest BCUT2D eigenvalue weighted by atomic mass is 16.6. The molecule has 0 saturated carbocycles. The van der Waals surface area contributed by atoms with Crippen LogP contribution in [0, 0.1) is 0 Å². The molecule has 0 aliphatic heterocycles. The molecule has 0 aliphatic rings. The molecule has 0 saturated heterocycles. The lowest BCUT2D eigenvalue weighted by atomic mass is 10.0. The number of carbonyl (C=O) groups is 3. The van der Waals surface area contributed by atoms with Gasteiger partial charge in [-0.2, -0.15) is 0 Å². The summed E-state index contributed by atoms with van der Waals surface area (Å²) in [7, 11) is 0. The van der Waals surface area contributed by atoms with Gasteiger partial charge in [0.25, 0.3) is 0 Å².